The van der Waals surface area contributed by atoms with E-state index in [1.165, 1.54) is 11.8 Å². The maximum Gasteiger partial charge on any atom is 0.115 e. The van der Waals surface area contributed by atoms with E-state index in [1.807, 2.05) is 6.07 Å². The highest BCUT2D eigenvalue weighted by molar-refractivity contribution is 7.98. The van der Waals surface area contributed by atoms with Gasteiger partial charge in [-0.3, -0.25) is 0 Å². The number of hydrogen-bond acceptors (Lipinski definition) is 3. The molecule has 0 spiro atoms. The molecule has 5 heteroatoms. The summed E-state index contributed by atoms with van der Waals surface area (Å²) in [6.45, 7) is 0. The van der Waals surface area contributed by atoms with E-state index in [0.717, 1.165) is 10.6 Å². The molecule has 0 bridgehead atoms. The van der Waals surface area contributed by atoms with Crippen LogP contribution < -0.4 is 0 Å². The van der Waals surface area contributed by atoms with Gasteiger partial charge in [0.1, 0.15) is 5.03 Å². The van der Waals surface area contributed by atoms with E-state index in [-0.39, 0.29) is 0 Å². The molecule has 1 aromatic carbocycles. The van der Waals surface area contributed by atoms with Crippen LogP contribution in [0.5, 0.6) is 0 Å². The zero-order chi connectivity index (χ0) is 13.0. The van der Waals surface area contributed by atoms with Gasteiger partial charge in [-0.1, -0.05) is 29.3 Å². The highest BCUT2D eigenvalue weighted by Crippen LogP contribution is 2.30. The molecule has 0 unspecified atom stereocenters. The van der Waals surface area contributed by atoms with E-state index in [0.29, 0.717) is 21.4 Å². The molecule has 2 aromatic rings. The second-order valence-electron chi connectivity index (χ2n) is 3.50. The highest BCUT2D eigenvalue weighted by Gasteiger charge is 2.06. The van der Waals surface area contributed by atoms with Gasteiger partial charge < -0.3 is 0 Å². The number of hydrogen-bond donors (Lipinski definition) is 0. The molecule has 0 radical (unpaired) electrons. The first-order valence-electron chi connectivity index (χ1n) is 5.12. The van der Waals surface area contributed by atoms with Crippen LogP contribution in [0.1, 0.15) is 11.1 Å². The van der Waals surface area contributed by atoms with E-state index in [4.69, 9.17) is 28.5 Å². The van der Waals surface area contributed by atoms with Gasteiger partial charge in [0.2, 0.25) is 0 Å². The zero-order valence-electron chi connectivity index (χ0n) is 9.23. The molecule has 0 atom stereocenters. The van der Waals surface area contributed by atoms with Crippen LogP contribution in [-0.2, 0) is 5.75 Å². The van der Waals surface area contributed by atoms with Crippen LogP contribution in [0.25, 0.3) is 0 Å². The summed E-state index contributed by atoms with van der Waals surface area (Å²) >= 11 is 13.6. The van der Waals surface area contributed by atoms with Crippen molar-refractivity contribution in [2.24, 2.45) is 0 Å². The van der Waals surface area contributed by atoms with Gasteiger partial charge in [0.25, 0.3) is 0 Å². The molecule has 0 aliphatic carbocycles. The quantitative estimate of drug-likeness (QED) is 0.779. The van der Waals surface area contributed by atoms with E-state index in [9.17, 15) is 0 Å². The van der Waals surface area contributed by atoms with Crippen LogP contribution in [0.2, 0.25) is 10.0 Å². The summed E-state index contributed by atoms with van der Waals surface area (Å²) in [6.07, 6.45) is 1.70. The van der Waals surface area contributed by atoms with Gasteiger partial charge in [-0.25, -0.2) is 4.98 Å². The zero-order valence-corrected chi connectivity index (χ0v) is 11.6. The Morgan fingerprint density at radius 1 is 1.22 bits per heavy atom. The summed E-state index contributed by atoms with van der Waals surface area (Å²) in [5.74, 6) is 0.668. The van der Waals surface area contributed by atoms with Crippen molar-refractivity contribution >= 4 is 35.0 Å². The maximum atomic E-state index is 8.76. The lowest BCUT2D eigenvalue weighted by Crippen LogP contribution is -1.86. The first-order valence-corrected chi connectivity index (χ1v) is 6.86. The summed E-state index contributed by atoms with van der Waals surface area (Å²) in [6, 6.07) is 10.9. The fourth-order valence-electron chi connectivity index (χ4n) is 1.36. The van der Waals surface area contributed by atoms with E-state index >= 15 is 0 Å². The average molecular weight is 295 g/mol. The minimum atomic E-state index is 0.560. The number of thioether (sulfide) groups is 1. The Balaban J connectivity index is 2.12. The number of pyridine rings is 1. The summed E-state index contributed by atoms with van der Waals surface area (Å²) in [7, 11) is 0. The molecular weight excluding hydrogens is 287 g/mol. The fraction of sp³-hybridized carbons (Fsp3) is 0.0769. The van der Waals surface area contributed by atoms with Crippen LogP contribution in [0.4, 0.5) is 0 Å². The van der Waals surface area contributed by atoms with Gasteiger partial charge in [-0.05, 0) is 29.8 Å². The third-order valence-corrected chi connectivity index (χ3v) is 4.09. The molecule has 0 saturated carbocycles. The van der Waals surface area contributed by atoms with Gasteiger partial charge in [-0.2, -0.15) is 5.26 Å². The van der Waals surface area contributed by atoms with Crippen LogP contribution in [0, 0.1) is 11.3 Å². The lowest BCUT2D eigenvalue weighted by atomic mass is 10.2. The summed E-state index contributed by atoms with van der Waals surface area (Å²) in [5, 5.41) is 10.8. The van der Waals surface area contributed by atoms with Crippen molar-refractivity contribution in [2.75, 3.05) is 0 Å². The molecule has 0 amide bonds. The SMILES string of the molecule is N#Cc1ccc(CSc2ncccc2Cl)c(Cl)c1. The Hall–Kier alpha value is -1.21. The molecule has 0 saturated heterocycles. The molecule has 0 fully saturated rings. The molecule has 0 aliphatic rings. The number of rotatable bonds is 3. The number of nitrogens with zero attached hydrogens (tertiary/aromatic N) is 2. The Labute approximate surface area is 120 Å². The van der Waals surface area contributed by atoms with Crippen molar-refractivity contribution in [3.8, 4) is 6.07 Å². The standard InChI is InChI=1S/C13H8Cl2N2S/c14-11-2-1-5-17-13(11)18-8-10-4-3-9(7-16)6-12(10)15/h1-6H,8H2. The second-order valence-corrected chi connectivity index (χ2v) is 5.28. The van der Waals surface area contributed by atoms with Gasteiger partial charge >= 0.3 is 0 Å². The third kappa shape index (κ3) is 3.17. The van der Waals surface area contributed by atoms with E-state index < -0.39 is 0 Å². The Morgan fingerprint density at radius 2 is 2.06 bits per heavy atom. The Kier molecular flexibility index (Phi) is 4.48. The monoisotopic (exact) mass is 294 g/mol. The summed E-state index contributed by atoms with van der Waals surface area (Å²) < 4.78 is 0. The predicted octanol–water partition coefficient (Wildman–Crippen LogP) is 4.55. The number of benzene rings is 1. The molecule has 0 N–H and O–H groups in total. The second kappa shape index (κ2) is 6.10. The number of aromatic nitrogens is 1. The van der Waals surface area contributed by atoms with Crippen molar-refractivity contribution in [1.29, 1.82) is 5.26 Å². The number of halogens is 2. The lowest BCUT2D eigenvalue weighted by Gasteiger charge is -2.05. The van der Waals surface area contributed by atoms with Gasteiger partial charge in [-0.15, -0.1) is 11.8 Å². The van der Waals surface area contributed by atoms with Gasteiger partial charge in [0.15, 0.2) is 0 Å². The summed E-state index contributed by atoms with van der Waals surface area (Å²) in [5.41, 5.74) is 1.52. The van der Waals surface area contributed by atoms with Crippen LogP contribution >= 0.6 is 35.0 Å². The minimum Gasteiger partial charge on any atom is -0.248 e. The molecule has 2 nitrogen and oxygen atoms in total. The molecule has 18 heavy (non-hydrogen) atoms. The van der Waals surface area contributed by atoms with E-state index in [2.05, 4.69) is 11.1 Å². The number of nitriles is 1. The van der Waals surface area contributed by atoms with E-state index in [1.54, 1.807) is 30.5 Å². The van der Waals surface area contributed by atoms with Crippen LogP contribution in [0.3, 0.4) is 0 Å². The smallest absolute Gasteiger partial charge is 0.115 e. The molecule has 1 heterocycles. The Bertz CT molecular complexity index is 608. The van der Waals surface area contributed by atoms with Crippen LogP contribution in [-0.4, -0.2) is 4.98 Å². The minimum absolute atomic E-state index is 0.560. The predicted molar refractivity (Wildman–Crippen MR) is 75.0 cm³/mol. The summed E-state index contributed by atoms with van der Waals surface area (Å²) in [4.78, 5) is 4.19. The average Bonchev–Trinajstić information content (AvgIpc) is 2.39. The van der Waals surface area contributed by atoms with Crippen molar-refractivity contribution in [1.82, 2.24) is 4.98 Å². The maximum absolute atomic E-state index is 8.76. The lowest BCUT2D eigenvalue weighted by molar-refractivity contribution is 1.13. The third-order valence-electron chi connectivity index (χ3n) is 2.27. The first-order chi connectivity index (χ1) is 8.70. The fourth-order valence-corrected chi connectivity index (χ4v) is 2.85. The molecule has 90 valence electrons. The van der Waals surface area contributed by atoms with Gasteiger partial charge in [0.05, 0.1) is 16.7 Å². The molecular formula is C13H8Cl2N2S. The topological polar surface area (TPSA) is 36.7 Å². The molecule has 0 aliphatic heterocycles. The van der Waals surface area contributed by atoms with Gasteiger partial charge in [0, 0.05) is 17.0 Å². The normalized spacial score (nSPS) is 10.1. The highest BCUT2D eigenvalue weighted by atomic mass is 35.5. The molecule has 1 aromatic heterocycles. The largest absolute Gasteiger partial charge is 0.248 e. The first kappa shape index (κ1) is 13.2. The van der Waals surface area contributed by atoms with Crippen molar-refractivity contribution in [3.63, 3.8) is 0 Å². The Morgan fingerprint density at radius 3 is 2.72 bits per heavy atom. The van der Waals surface area contributed by atoms with Crippen LogP contribution in [0.15, 0.2) is 41.6 Å². The van der Waals surface area contributed by atoms with Crippen molar-refractivity contribution in [2.45, 2.75) is 10.8 Å². The molecule has 2 rings (SSSR count). The van der Waals surface area contributed by atoms with Crippen molar-refractivity contribution < 1.29 is 0 Å². The van der Waals surface area contributed by atoms with Crippen molar-refractivity contribution in [3.05, 3.63) is 57.7 Å².